The zero-order valence-corrected chi connectivity index (χ0v) is 22.6. The summed E-state index contributed by atoms with van der Waals surface area (Å²) in [6, 6.07) is 3.32. The van der Waals surface area contributed by atoms with Gasteiger partial charge in [-0.2, -0.15) is 0 Å². The topological polar surface area (TPSA) is 7.12 Å². The number of hydrogen-bond acceptors (Lipinski definition) is 1. The maximum atomic E-state index is 15.9. The van der Waals surface area contributed by atoms with Crippen molar-refractivity contribution in [2.45, 2.75) is 64.7 Å². The predicted octanol–water partition coefficient (Wildman–Crippen LogP) is 5.79. The summed E-state index contributed by atoms with van der Waals surface area (Å²) < 4.78 is 152. The maximum absolute atomic E-state index is 15.9. The van der Waals surface area contributed by atoms with E-state index in [1.165, 1.54) is 18.2 Å². The summed E-state index contributed by atoms with van der Waals surface area (Å²) in [5, 5.41) is 0. The lowest BCUT2D eigenvalue weighted by molar-refractivity contribution is -0.543. The fourth-order valence-electron chi connectivity index (χ4n) is 7.06. The number of pyridine rings is 1. The molecule has 220 valence electrons. The van der Waals surface area contributed by atoms with Crippen molar-refractivity contribution in [1.29, 1.82) is 0 Å². The van der Waals surface area contributed by atoms with E-state index in [9.17, 15) is 26.3 Å². The summed E-state index contributed by atoms with van der Waals surface area (Å²) in [5.74, 6) is -24.4. The Morgan fingerprint density at radius 2 is 1.00 bits per heavy atom. The smallest absolute Gasteiger partial charge is 0.341 e. The number of nitrogens with zero attached hydrogens (tertiary/aromatic N) is 2. The molecule has 0 spiro atoms. The third-order valence-electron chi connectivity index (χ3n) is 8.30. The summed E-state index contributed by atoms with van der Waals surface area (Å²) in [7, 11) is 0. The second kappa shape index (κ2) is 11.3. The van der Waals surface area contributed by atoms with Gasteiger partial charge in [0.25, 0.3) is 0 Å². The quantitative estimate of drug-likeness (QED) is 0.147. The van der Waals surface area contributed by atoms with E-state index in [1.807, 2.05) is 4.81 Å². The monoisotopic (exact) mass is 590 g/mol. The molecule has 14 heteroatoms. The molecule has 0 amide bonds. The van der Waals surface area contributed by atoms with E-state index in [2.05, 4.69) is 0 Å². The van der Waals surface area contributed by atoms with Gasteiger partial charge in [-0.1, -0.05) is 69.6 Å². The highest BCUT2D eigenvalue weighted by atomic mass is 19.2. The highest BCUT2D eigenvalue weighted by molar-refractivity contribution is 7.03. The van der Waals surface area contributed by atoms with Crippen LogP contribution in [0.2, 0.25) is 12.0 Å². The van der Waals surface area contributed by atoms with Crippen molar-refractivity contribution >= 4 is 24.1 Å². The first-order valence-corrected chi connectivity index (χ1v) is 13.1. The van der Waals surface area contributed by atoms with Gasteiger partial charge in [0, 0.05) is 0 Å². The minimum atomic E-state index is -4.18. The second-order valence-corrected chi connectivity index (χ2v) is 11.0. The van der Waals surface area contributed by atoms with Crippen molar-refractivity contribution < 1.29 is 48.4 Å². The molecule has 1 aromatic heterocycles. The Kier molecular flexibility index (Phi) is 8.55. The summed E-state index contributed by atoms with van der Waals surface area (Å²) >= 11 is 0. The Morgan fingerprint density at radius 3 is 1.37 bits per heavy atom. The molecule has 1 aliphatic heterocycles. The number of benzene rings is 2. The lowest BCUT2D eigenvalue weighted by atomic mass is 9.12. The van der Waals surface area contributed by atoms with Crippen LogP contribution in [0.5, 0.6) is 0 Å². The van der Waals surface area contributed by atoms with Crippen molar-refractivity contribution in [2.24, 2.45) is 0 Å². The molecule has 3 aromatic rings. The molecular formula is C27H26B2F10N2. The minimum absolute atomic E-state index is 0.0957. The van der Waals surface area contributed by atoms with Crippen molar-refractivity contribution in [3.63, 3.8) is 0 Å². The van der Waals surface area contributed by atoms with Gasteiger partial charge in [0.05, 0.1) is 0 Å². The van der Waals surface area contributed by atoms with E-state index >= 15 is 17.6 Å². The van der Waals surface area contributed by atoms with Crippen LogP contribution < -0.4 is 15.4 Å². The third-order valence-corrected chi connectivity index (χ3v) is 8.30. The van der Waals surface area contributed by atoms with Crippen LogP contribution in [0.1, 0.15) is 40.5 Å². The summed E-state index contributed by atoms with van der Waals surface area (Å²) in [6.45, 7) is 6.27. The number of aromatic nitrogens is 1. The van der Waals surface area contributed by atoms with Gasteiger partial charge >= 0.3 is 6.28 Å². The first-order valence-electron chi connectivity index (χ1n) is 13.1. The lowest BCUT2D eigenvalue weighted by Gasteiger charge is -2.47. The van der Waals surface area contributed by atoms with E-state index in [-0.39, 0.29) is 31.2 Å². The molecule has 2 heterocycles. The molecule has 0 N–H and O–H groups in total. The predicted molar refractivity (Wildman–Crippen MR) is 135 cm³/mol. The fraction of sp³-hybridized carbons (Fsp3) is 0.370. The average Bonchev–Trinajstić information content (AvgIpc) is 3.41. The zero-order chi connectivity index (χ0) is 30.5. The molecule has 1 aliphatic rings. The van der Waals surface area contributed by atoms with Crippen molar-refractivity contribution in [2.75, 3.05) is 0 Å². The van der Waals surface area contributed by atoms with Gasteiger partial charge in [0.2, 0.25) is 0 Å². The molecule has 1 fully saturated rings. The standard InChI is InChI=1S/C27H26B2F10N2/c1-13(2)41(14(3)4)28-10-8-9-15(28)29(40-11-6-5-7-12-40,16-18(30)22(34)26(38)23(35)19(16)31)17-20(32)24(36)27(39)25(37)21(17)33/h5-7,11-15H,8-10H2,1-4H3/t15-/m0/s1. The van der Waals surface area contributed by atoms with Crippen LogP contribution >= 0.6 is 0 Å². The van der Waals surface area contributed by atoms with Crippen LogP contribution in [0.25, 0.3) is 0 Å². The Morgan fingerprint density at radius 1 is 0.634 bits per heavy atom. The molecule has 0 bridgehead atoms. The molecule has 41 heavy (non-hydrogen) atoms. The van der Waals surface area contributed by atoms with E-state index in [0.717, 1.165) is 16.9 Å². The Balaban J connectivity index is 2.34. The molecule has 2 nitrogen and oxygen atoms in total. The molecule has 1 saturated heterocycles. The zero-order valence-electron chi connectivity index (χ0n) is 22.6. The van der Waals surface area contributed by atoms with Crippen molar-refractivity contribution in [3.05, 3.63) is 88.8 Å². The van der Waals surface area contributed by atoms with E-state index in [1.54, 1.807) is 27.7 Å². The molecule has 1 atom stereocenters. The van der Waals surface area contributed by atoms with E-state index in [4.69, 9.17) is 0 Å². The van der Waals surface area contributed by atoms with Crippen LogP contribution in [-0.4, -0.2) is 30.0 Å². The highest BCUT2D eigenvalue weighted by Crippen LogP contribution is 2.42. The molecule has 0 saturated carbocycles. The Bertz CT molecular complexity index is 1330. The molecule has 4 rings (SSSR count). The third kappa shape index (κ3) is 4.62. The Labute approximate surface area is 231 Å². The summed E-state index contributed by atoms with van der Waals surface area (Å²) in [5.41, 5.74) is -4.70. The molecule has 0 radical (unpaired) electrons. The van der Waals surface area contributed by atoms with Crippen molar-refractivity contribution in [1.82, 2.24) is 4.81 Å². The lowest BCUT2D eigenvalue weighted by Crippen LogP contribution is -2.85. The van der Waals surface area contributed by atoms with Gasteiger partial charge < -0.3 is 9.29 Å². The van der Waals surface area contributed by atoms with Crippen LogP contribution in [0.3, 0.4) is 0 Å². The SMILES string of the molecule is CC(C)N(B1CCC[C@@H]1[B-](c1c(F)c(F)c(F)c(F)c1F)(c1c(F)c(F)c(F)c(F)c1F)[n+]1ccccc1)C(C)C. The first kappa shape index (κ1) is 30.9. The Hall–Kier alpha value is -3.02. The van der Waals surface area contributed by atoms with Crippen LogP contribution in [0.4, 0.5) is 43.9 Å². The number of hydrogen-bond donors (Lipinski definition) is 0. The van der Waals surface area contributed by atoms with Gasteiger partial charge in [-0.3, -0.25) is 0 Å². The number of halogens is 10. The molecular weight excluding hydrogens is 564 g/mol. The van der Waals surface area contributed by atoms with Crippen LogP contribution in [-0.2, 0) is 0 Å². The summed E-state index contributed by atoms with van der Waals surface area (Å²) in [4.78, 5) is 1.84. The molecule has 2 aromatic carbocycles. The average molecular weight is 590 g/mol. The van der Waals surface area contributed by atoms with Gasteiger partial charge in [-0.15, -0.1) is 0 Å². The normalized spacial score (nSPS) is 16.1. The first-order chi connectivity index (χ1) is 19.2. The van der Waals surface area contributed by atoms with Crippen molar-refractivity contribution in [3.8, 4) is 0 Å². The second-order valence-electron chi connectivity index (χ2n) is 11.0. The van der Waals surface area contributed by atoms with E-state index < -0.39 is 87.9 Å². The summed E-state index contributed by atoms with van der Waals surface area (Å²) in [6.07, 6.45) is -1.64. The fourth-order valence-corrected chi connectivity index (χ4v) is 7.06. The van der Waals surface area contributed by atoms with Crippen LogP contribution in [0, 0.1) is 58.2 Å². The van der Waals surface area contributed by atoms with Crippen LogP contribution in [0.15, 0.2) is 30.6 Å². The van der Waals surface area contributed by atoms with Gasteiger partial charge in [0.1, 0.15) is 35.7 Å². The van der Waals surface area contributed by atoms with E-state index in [0.29, 0.717) is 0 Å². The maximum Gasteiger partial charge on any atom is 0.341 e. The largest absolute Gasteiger partial charge is 0.419 e. The molecule has 0 aliphatic carbocycles. The molecule has 0 unspecified atom stereocenters. The van der Waals surface area contributed by atoms with Gasteiger partial charge in [0.15, 0.2) is 41.8 Å². The minimum Gasteiger partial charge on any atom is -0.419 e. The van der Waals surface area contributed by atoms with Gasteiger partial charge in [-0.05, 0) is 24.2 Å². The highest BCUT2D eigenvalue weighted by Gasteiger charge is 2.60. The number of rotatable bonds is 7. The van der Waals surface area contributed by atoms with Gasteiger partial charge in [-0.25, -0.2) is 43.9 Å².